The fourth-order valence-corrected chi connectivity index (χ4v) is 4.12. The average molecular weight is 430 g/mol. The fraction of sp³-hybridized carbons (Fsp3) is 0.188. The van der Waals surface area contributed by atoms with Gasteiger partial charge < -0.3 is 0 Å². The van der Waals surface area contributed by atoms with Crippen LogP contribution >= 0.6 is 31.9 Å². The third-order valence-electron chi connectivity index (χ3n) is 2.98. The highest BCUT2D eigenvalue weighted by molar-refractivity contribution is 9.10. The second-order valence-electron chi connectivity index (χ2n) is 4.51. The smallest absolute Gasteiger partial charge is 0.162 e. The van der Waals surface area contributed by atoms with Crippen molar-refractivity contribution in [2.75, 3.05) is 5.75 Å². The van der Waals surface area contributed by atoms with Gasteiger partial charge in [-0.1, -0.05) is 40.2 Å². The number of ketones is 1. The number of Topliss-reactive ketones (excluding diaryl/α,β-unsaturated/α-hetero) is 1. The summed E-state index contributed by atoms with van der Waals surface area (Å²) in [6, 6.07) is 14.8. The van der Waals surface area contributed by atoms with E-state index in [4.69, 9.17) is 0 Å². The first-order valence-electron chi connectivity index (χ1n) is 6.49. The first-order chi connectivity index (χ1) is 10.1. The lowest BCUT2D eigenvalue weighted by Gasteiger charge is -2.05. The molecule has 0 radical (unpaired) electrons. The first-order valence-corrected chi connectivity index (χ1v) is 9.40. The van der Waals surface area contributed by atoms with Gasteiger partial charge in [0, 0.05) is 26.7 Å². The molecule has 0 aliphatic heterocycles. The summed E-state index contributed by atoms with van der Waals surface area (Å²) in [4.78, 5) is 12.8. The largest absolute Gasteiger partial charge is 0.294 e. The Morgan fingerprint density at radius 2 is 1.67 bits per heavy atom. The Bertz CT molecular complexity index is 654. The van der Waals surface area contributed by atoms with E-state index in [0.717, 1.165) is 13.8 Å². The lowest BCUT2D eigenvalue weighted by molar-refractivity contribution is 0.0982. The van der Waals surface area contributed by atoms with Gasteiger partial charge in [0.05, 0.1) is 15.7 Å². The molecule has 0 aliphatic carbocycles. The Morgan fingerprint density at radius 3 is 2.33 bits per heavy atom. The van der Waals surface area contributed by atoms with Crippen LogP contribution in [0.1, 0.15) is 23.2 Å². The molecule has 0 bridgehead atoms. The Morgan fingerprint density at radius 1 is 1.00 bits per heavy atom. The molecule has 0 fully saturated rings. The Labute approximate surface area is 143 Å². The molecule has 2 aromatic rings. The lowest BCUT2D eigenvalue weighted by atomic mass is 10.1. The fourth-order valence-electron chi connectivity index (χ4n) is 1.88. The predicted molar refractivity (Wildman–Crippen MR) is 93.1 cm³/mol. The summed E-state index contributed by atoms with van der Waals surface area (Å²) in [5, 5.41) is 0. The molecule has 0 aliphatic rings. The molecular formula is C16H14Br2O2S. The highest BCUT2D eigenvalue weighted by Gasteiger charge is 2.10. The summed E-state index contributed by atoms with van der Waals surface area (Å²) in [7, 11) is -1.08. The number of rotatable bonds is 6. The highest BCUT2D eigenvalue weighted by atomic mass is 79.9. The minimum atomic E-state index is -1.08. The molecule has 0 spiro atoms. The highest BCUT2D eigenvalue weighted by Crippen LogP contribution is 2.20. The second-order valence-corrected chi connectivity index (χ2v) is 7.82. The average Bonchev–Trinajstić information content (AvgIpc) is 2.48. The topological polar surface area (TPSA) is 34.1 Å². The van der Waals surface area contributed by atoms with Gasteiger partial charge in [0.2, 0.25) is 0 Å². The number of carbonyl (C=O) groups is 1. The van der Waals surface area contributed by atoms with Gasteiger partial charge in [-0.15, -0.1) is 0 Å². The summed E-state index contributed by atoms with van der Waals surface area (Å²) in [5.74, 6) is 0.580. The maximum absolute atomic E-state index is 12.2. The van der Waals surface area contributed by atoms with Crippen molar-refractivity contribution in [3.63, 3.8) is 0 Å². The predicted octanol–water partition coefficient (Wildman–Crippen LogP) is 4.98. The number of hydrogen-bond donors (Lipinski definition) is 0. The maximum atomic E-state index is 12.2. The summed E-state index contributed by atoms with van der Waals surface area (Å²) >= 11 is 6.74. The zero-order valence-corrected chi connectivity index (χ0v) is 15.2. The first kappa shape index (κ1) is 16.6. The molecule has 0 amide bonds. The number of hydrogen-bond acceptors (Lipinski definition) is 2. The normalized spacial score (nSPS) is 12.1. The molecule has 2 aromatic carbocycles. The molecule has 2 rings (SSSR count). The standard InChI is InChI=1S/C16H14Br2O2S/c17-13-9-7-12(8-10-13)15(19)5-3-11-21(20)16-6-2-1-4-14(16)18/h1-2,4,6-10H,3,5,11H2. The minimum Gasteiger partial charge on any atom is -0.294 e. The number of benzene rings is 2. The summed E-state index contributed by atoms with van der Waals surface area (Å²) in [6.07, 6.45) is 1.03. The molecule has 110 valence electrons. The Kier molecular flexibility index (Phi) is 6.33. The third-order valence-corrected chi connectivity index (χ3v) is 5.97. The van der Waals surface area contributed by atoms with E-state index in [1.54, 1.807) is 12.1 Å². The van der Waals surface area contributed by atoms with Crippen molar-refractivity contribution in [1.82, 2.24) is 0 Å². The van der Waals surface area contributed by atoms with Crippen LogP contribution < -0.4 is 0 Å². The zero-order valence-electron chi connectivity index (χ0n) is 11.2. The minimum absolute atomic E-state index is 0.0895. The van der Waals surface area contributed by atoms with Gasteiger partial charge in [0.25, 0.3) is 0 Å². The van der Waals surface area contributed by atoms with Crippen LogP contribution in [0.4, 0.5) is 0 Å². The van der Waals surface area contributed by atoms with Crippen molar-refractivity contribution in [3.05, 3.63) is 63.0 Å². The van der Waals surface area contributed by atoms with Crippen LogP contribution in [-0.4, -0.2) is 15.7 Å². The number of carbonyl (C=O) groups excluding carboxylic acids is 1. The van der Waals surface area contributed by atoms with Crippen LogP contribution in [0.15, 0.2) is 62.4 Å². The summed E-state index contributed by atoms with van der Waals surface area (Å²) < 4.78 is 14.0. The zero-order chi connectivity index (χ0) is 15.2. The molecule has 1 atom stereocenters. The van der Waals surface area contributed by atoms with Gasteiger partial charge in [-0.3, -0.25) is 9.00 Å². The van der Waals surface area contributed by atoms with Crippen LogP contribution in [0.3, 0.4) is 0 Å². The number of halogens is 2. The van der Waals surface area contributed by atoms with E-state index in [1.165, 1.54) is 0 Å². The molecule has 21 heavy (non-hydrogen) atoms. The molecule has 0 saturated heterocycles. The summed E-state index contributed by atoms with van der Waals surface area (Å²) in [6.45, 7) is 0. The van der Waals surface area contributed by atoms with Crippen molar-refractivity contribution < 1.29 is 9.00 Å². The summed E-state index contributed by atoms with van der Waals surface area (Å²) in [5.41, 5.74) is 0.699. The van der Waals surface area contributed by atoms with E-state index in [-0.39, 0.29) is 5.78 Å². The van der Waals surface area contributed by atoms with Crippen molar-refractivity contribution in [1.29, 1.82) is 0 Å². The molecule has 2 nitrogen and oxygen atoms in total. The van der Waals surface area contributed by atoms with Crippen LogP contribution in [0.5, 0.6) is 0 Å². The molecule has 0 aromatic heterocycles. The SMILES string of the molecule is O=C(CCCS(=O)c1ccccc1Br)c1ccc(Br)cc1. The van der Waals surface area contributed by atoms with Gasteiger partial charge in [-0.2, -0.15) is 0 Å². The van der Waals surface area contributed by atoms with E-state index in [9.17, 15) is 9.00 Å². The van der Waals surface area contributed by atoms with E-state index >= 15 is 0 Å². The van der Waals surface area contributed by atoms with E-state index in [1.807, 2.05) is 36.4 Å². The second kappa shape index (κ2) is 8.01. The van der Waals surface area contributed by atoms with E-state index in [0.29, 0.717) is 24.2 Å². The van der Waals surface area contributed by atoms with Crippen LogP contribution in [0.2, 0.25) is 0 Å². The van der Waals surface area contributed by atoms with Crippen LogP contribution in [-0.2, 0) is 10.8 Å². The monoisotopic (exact) mass is 428 g/mol. The Balaban J connectivity index is 1.87. The van der Waals surface area contributed by atoms with Gasteiger partial charge in [-0.25, -0.2) is 0 Å². The van der Waals surface area contributed by atoms with Crippen molar-refractivity contribution in [3.8, 4) is 0 Å². The molecule has 0 N–H and O–H groups in total. The third kappa shape index (κ3) is 4.87. The van der Waals surface area contributed by atoms with Crippen LogP contribution in [0.25, 0.3) is 0 Å². The van der Waals surface area contributed by atoms with Crippen LogP contribution in [0, 0.1) is 0 Å². The van der Waals surface area contributed by atoms with Crippen molar-refractivity contribution >= 4 is 48.4 Å². The van der Waals surface area contributed by atoms with Gasteiger partial charge in [0.1, 0.15) is 0 Å². The molecule has 5 heteroatoms. The van der Waals surface area contributed by atoms with Crippen molar-refractivity contribution in [2.24, 2.45) is 0 Å². The lowest BCUT2D eigenvalue weighted by Crippen LogP contribution is -2.04. The quantitative estimate of drug-likeness (QED) is 0.606. The molecule has 0 saturated carbocycles. The van der Waals surface area contributed by atoms with Crippen molar-refractivity contribution in [2.45, 2.75) is 17.7 Å². The van der Waals surface area contributed by atoms with Gasteiger partial charge in [0.15, 0.2) is 5.78 Å². The van der Waals surface area contributed by atoms with Gasteiger partial charge >= 0.3 is 0 Å². The molecule has 0 heterocycles. The molecular weight excluding hydrogens is 416 g/mol. The molecule has 1 unspecified atom stereocenters. The maximum Gasteiger partial charge on any atom is 0.162 e. The van der Waals surface area contributed by atoms with Gasteiger partial charge in [-0.05, 0) is 46.6 Å². The van der Waals surface area contributed by atoms with E-state index in [2.05, 4.69) is 31.9 Å². The Hall–Kier alpha value is -0.780. The van der Waals surface area contributed by atoms with E-state index < -0.39 is 10.8 Å².